The summed E-state index contributed by atoms with van der Waals surface area (Å²) in [6.45, 7) is 11.6. The number of hydrogen-bond acceptors (Lipinski definition) is 4. The molecule has 0 radical (unpaired) electrons. The molecule has 3 unspecified atom stereocenters. The lowest BCUT2D eigenvalue weighted by atomic mass is 10.0. The van der Waals surface area contributed by atoms with Crippen molar-refractivity contribution in [1.29, 1.82) is 0 Å². The van der Waals surface area contributed by atoms with Crippen LogP contribution >= 0.6 is 0 Å². The third kappa shape index (κ3) is 6.69. The van der Waals surface area contributed by atoms with E-state index in [2.05, 4.69) is 31.0 Å². The Balaban J connectivity index is 2.09. The molecule has 3 atom stereocenters. The van der Waals surface area contributed by atoms with E-state index in [4.69, 9.17) is 4.74 Å². The fourth-order valence-corrected chi connectivity index (χ4v) is 2.34. The topological polar surface area (TPSA) is 44.7 Å². The van der Waals surface area contributed by atoms with Crippen LogP contribution in [0.15, 0.2) is 0 Å². The summed E-state index contributed by atoms with van der Waals surface area (Å²) in [5, 5.41) is 13.4. The maximum atomic E-state index is 10.00. The molecular formula is C14H30N2O2. The molecule has 0 aromatic heterocycles. The van der Waals surface area contributed by atoms with Gasteiger partial charge in [-0.2, -0.15) is 0 Å². The molecule has 2 N–H and O–H groups in total. The molecular weight excluding hydrogens is 228 g/mol. The molecule has 4 heteroatoms. The second-order valence-electron chi connectivity index (χ2n) is 5.63. The molecule has 0 aromatic rings. The summed E-state index contributed by atoms with van der Waals surface area (Å²) in [5.41, 5.74) is 0. The first-order chi connectivity index (χ1) is 8.61. The van der Waals surface area contributed by atoms with Gasteiger partial charge in [-0.15, -0.1) is 0 Å². The standard InChI is InChI=1S/C14H30N2O2/c1-4-12(2)9-13(3)15-10-14(17)11-16-5-7-18-8-6-16/h12-15,17H,4-11H2,1-3H3. The number of aliphatic hydroxyl groups is 1. The van der Waals surface area contributed by atoms with Crippen molar-refractivity contribution in [2.45, 2.75) is 45.8 Å². The van der Waals surface area contributed by atoms with Crippen LogP contribution in [0.5, 0.6) is 0 Å². The van der Waals surface area contributed by atoms with Gasteiger partial charge in [-0.3, -0.25) is 4.90 Å². The van der Waals surface area contributed by atoms with Crippen LogP contribution in [0.4, 0.5) is 0 Å². The number of morpholine rings is 1. The van der Waals surface area contributed by atoms with E-state index >= 15 is 0 Å². The summed E-state index contributed by atoms with van der Waals surface area (Å²) >= 11 is 0. The van der Waals surface area contributed by atoms with Gasteiger partial charge in [0.15, 0.2) is 0 Å². The molecule has 1 rings (SSSR count). The molecule has 0 spiro atoms. The molecule has 0 aliphatic carbocycles. The minimum Gasteiger partial charge on any atom is -0.390 e. The van der Waals surface area contributed by atoms with Gasteiger partial charge in [-0.1, -0.05) is 20.3 Å². The summed E-state index contributed by atoms with van der Waals surface area (Å²) in [6, 6.07) is 0.485. The van der Waals surface area contributed by atoms with Crippen LogP contribution in [-0.4, -0.2) is 61.5 Å². The molecule has 1 saturated heterocycles. The van der Waals surface area contributed by atoms with Crippen LogP contribution in [-0.2, 0) is 4.74 Å². The van der Waals surface area contributed by atoms with Gasteiger partial charge in [-0.05, 0) is 19.3 Å². The quantitative estimate of drug-likeness (QED) is 0.684. The number of ether oxygens (including phenoxy) is 1. The van der Waals surface area contributed by atoms with Crippen LogP contribution in [0.2, 0.25) is 0 Å². The summed E-state index contributed by atoms with van der Waals surface area (Å²) < 4.78 is 5.30. The fraction of sp³-hybridized carbons (Fsp3) is 1.00. The van der Waals surface area contributed by atoms with E-state index in [1.54, 1.807) is 0 Å². The van der Waals surface area contributed by atoms with Crippen LogP contribution < -0.4 is 5.32 Å². The Labute approximate surface area is 112 Å². The predicted octanol–water partition coefficient (Wildman–Crippen LogP) is 1.09. The molecule has 0 aromatic carbocycles. The molecule has 0 saturated carbocycles. The summed E-state index contributed by atoms with van der Waals surface area (Å²) in [6.07, 6.45) is 2.13. The van der Waals surface area contributed by atoms with E-state index in [9.17, 15) is 5.11 Å². The molecule has 0 bridgehead atoms. The van der Waals surface area contributed by atoms with Crippen molar-refractivity contribution in [3.63, 3.8) is 0 Å². The molecule has 18 heavy (non-hydrogen) atoms. The number of hydrogen-bond donors (Lipinski definition) is 2. The van der Waals surface area contributed by atoms with E-state index in [0.717, 1.165) is 38.8 Å². The number of nitrogens with zero attached hydrogens (tertiary/aromatic N) is 1. The monoisotopic (exact) mass is 258 g/mol. The Kier molecular flexibility index (Phi) is 7.82. The van der Waals surface area contributed by atoms with E-state index < -0.39 is 0 Å². The first-order valence-corrected chi connectivity index (χ1v) is 7.33. The number of aliphatic hydroxyl groups excluding tert-OH is 1. The summed E-state index contributed by atoms with van der Waals surface area (Å²) in [5.74, 6) is 0.754. The maximum absolute atomic E-state index is 10.00. The van der Waals surface area contributed by atoms with Gasteiger partial charge in [0.25, 0.3) is 0 Å². The van der Waals surface area contributed by atoms with Crippen LogP contribution in [0.25, 0.3) is 0 Å². The zero-order chi connectivity index (χ0) is 13.4. The van der Waals surface area contributed by atoms with Gasteiger partial charge in [0, 0.05) is 32.2 Å². The van der Waals surface area contributed by atoms with Gasteiger partial charge in [-0.25, -0.2) is 0 Å². The summed E-state index contributed by atoms with van der Waals surface area (Å²) in [7, 11) is 0. The number of β-amino-alcohol motifs (C(OH)–C–C–N with tert-alkyl or cyclic N) is 1. The Bertz CT molecular complexity index is 208. The third-order valence-corrected chi connectivity index (χ3v) is 3.73. The van der Waals surface area contributed by atoms with E-state index in [0.29, 0.717) is 12.6 Å². The van der Waals surface area contributed by atoms with E-state index in [-0.39, 0.29) is 6.10 Å². The SMILES string of the molecule is CCC(C)CC(C)NCC(O)CN1CCOCC1. The Morgan fingerprint density at radius 3 is 2.56 bits per heavy atom. The fourth-order valence-electron chi connectivity index (χ4n) is 2.34. The van der Waals surface area contributed by atoms with Crippen molar-refractivity contribution in [3.8, 4) is 0 Å². The molecule has 1 aliphatic heterocycles. The van der Waals surface area contributed by atoms with Crippen molar-refractivity contribution < 1.29 is 9.84 Å². The van der Waals surface area contributed by atoms with Crippen molar-refractivity contribution in [1.82, 2.24) is 10.2 Å². The first-order valence-electron chi connectivity index (χ1n) is 7.33. The van der Waals surface area contributed by atoms with Gasteiger partial charge < -0.3 is 15.2 Å². The lowest BCUT2D eigenvalue weighted by molar-refractivity contribution is 0.0144. The Morgan fingerprint density at radius 2 is 1.94 bits per heavy atom. The highest BCUT2D eigenvalue weighted by molar-refractivity contribution is 4.72. The molecule has 4 nitrogen and oxygen atoms in total. The maximum Gasteiger partial charge on any atom is 0.0791 e. The van der Waals surface area contributed by atoms with E-state index in [1.807, 2.05) is 0 Å². The minimum absolute atomic E-state index is 0.275. The Morgan fingerprint density at radius 1 is 1.28 bits per heavy atom. The molecule has 1 fully saturated rings. The van der Waals surface area contributed by atoms with Crippen LogP contribution in [0.1, 0.15) is 33.6 Å². The molecule has 1 heterocycles. The highest BCUT2D eigenvalue weighted by Crippen LogP contribution is 2.09. The smallest absolute Gasteiger partial charge is 0.0791 e. The van der Waals surface area contributed by atoms with Crippen molar-refractivity contribution in [2.75, 3.05) is 39.4 Å². The van der Waals surface area contributed by atoms with Crippen LogP contribution in [0, 0.1) is 5.92 Å². The zero-order valence-electron chi connectivity index (χ0n) is 12.2. The molecule has 108 valence electrons. The minimum atomic E-state index is -0.275. The first kappa shape index (κ1) is 15.9. The lowest BCUT2D eigenvalue weighted by Crippen LogP contribution is -2.45. The summed E-state index contributed by atoms with van der Waals surface area (Å²) in [4.78, 5) is 2.27. The van der Waals surface area contributed by atoms with Crippen molar-refractivity contribution >= 4 is 0 Å². The Hall–Kier alpha value is -0.160. The third-order valence-electron chi connectivity index (χ3n) is 3.73. The highest BCUT2D eigenvalue weighted by Gasteiger charge is 2.15. The van der Waals surface area contributed by atoms with Gasteiger partial charge in [0.2, 0.25) is 0 Å². The normalized spacial score (nSPS) is 22.7. The lowest BCUT2D eigenvalue weighted by Gasteiger charge is -2.29. The van der Waals surface area contributed by atoms with E-state index in [1.165, 1.54) is 12.8 Å². The largest absolute Gasteiger partial charge is 0.390 e. The van der Waals surface area contributed by atoms with Gasteiger partial charge in [0.1, 0.15) is 0 Å². The van der Waals surface area contributed by atoms with Crippen molar-refractivity contribution in [3.05, 3.63) is 0 Å². The van der Waals surface area contributed by atoms with Crippen molar-refractivity contribution in [2.24, 2.45) is 5.92 Å². The molecule has 1 aliphatic rings. The van der Waals surface area contributed by atoms with Gasteiger partial charge in [0.05, 0.1) is 19.3 Å². The zero-order valence-corrected chi connectivity index (χ0v) is 12.2. The number of nitrogens with one attached hydrogen (secondary N) is 1. The number of rotatable bonds is 8. The predicted molar refractivity (Wildman–Crippen MR) is 74.8 cm³/mol. The van der Waals surface area contributed by atoms with Gasteiger partial charge >= 0.3 is 0 Å². The van der Waals surface area contributed by atoms with Crippen LogP contribution in [0.3, 0.4) is 0 Å². The average Bonchev–Trinajstić information content (AvgIpc) is 2.37. The molecule has 0 amide bonds. The highest BCUT2D eigenvalue weighted by atomic mass is 16.5. The second-order valence-corrected chi connectivity index (χ2v) is 5.63. The second kappa shape index (κ2) is 8.86. The average molecular weight is 258 g/mol.